The van der Waals surface area contributed by atoms with Crippen molar-refractivity contribution in [3.05, 3.63) is 89.2 Å². The topological polar surface area (TPSA) is 105 Å². The van der Waals surface area contributed by atoms with Gasteiger partial charge in [0.1, 0.15) is 18.5 Å². The number of anilines is 1. The van der Waals surface area contributed by atoms with E-state index >= 15 is 0 Å². The molecule has 2 amide bonds. The van der Waals surface area contributed by atoms with Gasteiger partial charge >= 0.3 is 12.1 Å². The lowest BCUT2D eigenvalue weighted by Gasteiger charge is -2.15. The highest BCUT2D eigenvalue weighted by Crippen LogP contribution is 2.44. The second kappa shape index (κ2) is 9.74. The largest absolute Gasteiger partial charge is 0.480 e. The number of hydrogen-bond acceptors (Lipinski definition) is 4. The summed E-state index contributed by atoms with van der Waals surface area (Å²) in [5.41, 5.74) is 4.10. The molecule has 0 aromatic heterocycles. The van der Waals surface area contributed by atoms with E-state index in [0.717, 1.165) is 28.3 Å². The summed E-state index contributed by atoms with van der Waals surface area (Å²) >= 11 is 0. The third kappa shape index (κ3) is 4.61. The van der Waals surface area contributed by atoms with Gasteiger partial charge in [-0.05, 0) is 46.9 Å². The molecular formula is C26H23FN2O5. The van der Waals surface area contributed by atoms with E-state index in [9.17, 15) is 18.8 Å². The normalized spacial score (nSPS) is 12.9. The molecule has 0 aliphatic heterocycles. The van der Waals surface area contributed by atoms with Crippen LogP contribution in [0.15, 0.2) is 66.7 Å². The Morgan fingerprint density at radius 1 is 1.00 bits per heavy atom. The van der Waals surface area contributed by atoms with Crippen LogP contribution in [0.3, 0.4) is 0 Å². The molecule has 3 N–H and O–H groups in total. The molecule has 1 atom stereocenters. The number of aliphatic carboxylic acids is 1. The Hall–Kier alpha value is -4.20. The Morgan fingerprint density at radius 2 is 1.62 bits per heavy atom. The summed E-state index contributed by atoms with van der Waals surface area (Å²) in [4.78, 5) is 35.7. The fraction of sp³-hybridized carbons (Fsp3) is 0.192. The Labute approximate surface area is 195 Å². The van der Waals surface area contributed by atoms with Crippen LogP contribution in [-0.2, 0) is 9.53 Å². The average molecular weight is 462 g/mol. The zero-order chi connectivity index (χ0) is 24.2. The van der Waals surface area contributed by atoms with Gasteiger partial charge in [0.2, 0.25) is 0 Å². The van der Waals surface area contributed by atoms with E-state index in [1.807, 2.05) is 48.5 Å². The van der Waals surface area contributed by atoms with Gasteiger partial charge in [-0.15, -0.1) is 0 Å². The number of hydrogen-bond donors (Lipinski definition) is 3. The average Bonchev–Trinajstić information content (AvgIpc) is 3.16. The maximum atomic E-state index is 14.5. The minimum Gasteiger partial charge on any atom is -0.480 e. The van der Waals surface area contributed by atoms with Crippen LogP contribution >= 0.6 is 0 Å². The number of carbonyl (C=O) groups is 3. The van der Waals surface area contributed by atoms with Gasteiger partial charge in [-0.25, -0.2) is 14.0 Å². The summed E-state index contributed by atoms with van der Waals surface area (Å²) in [6.45, 7) is 1.69. The van der Waals surface area contributed by atoms with Gasteiger partial charge < -0.3 is 15.2 Å². The van der Waals surface area contributed by atoms with Crippen LogP contribution in [0.4, 0.5) is 14.9 Å². The minimum absolute atomic E-state index is 0.0599. The van der Waals surface area contributed by atoms with Crippen LogP contribution in [0.25, 0.3) is 11.1 Å². The number of benzene rings is 3. The van der Waals surface area contributed by atoms with Crippen LogP contribution in [0.1, 0.15) is 40.7 Å². The van der Waals surface area contributed by atoms with E-state index in [-0.39, 0.29) is 30.2 Å². The Morgan fingerprint density at radius 3 is 2.18 bits per heavy atom. The summed E-state index contributed by atoms with van der Waals surface area (Å²) in [6, 6.07) is 18.2. The Balaban J connectivity index is 1.40. The van der Waals surface area contributed by atoms with Crippen LogP contribution in [0, 0.1) is 5.82 Å². The van der Waals surface area contributed by atoms with Crippen molar-refractivity contribution in [2.45, 2.75) is 25.3 Å². The zero-order valence-corrected chi connectivity index (χ0v) is 18.4. The van der Waals surface area contributed by atoms with Crippen molar-refractivity contribution >= 4 is 23.7 Å². The van der Waals surface area contributed by atoms with Gasteiger partial charge in [0.15, 0.2) is 0 Å². The van der Waals surface area contributed by atoms with Gasteiger partial charge in [-0.2, -0.15) is 0 Å². The molecule has 174 valence electrons. The van der Waals surface area contributed by atoms with Crippen molar-refractivity contribution in [2.75, 3.05) is 11.9 Å². The molecule has 1 aliphatic rings. The summed E-state index contributed by atoms with van der Waals surface area (Å²) in [5, 5.41) is 13.7. The number of amides is 2. The summed E-state index contributed by atoms with van der Waals surface area (Å²) in [7, 11) is 0. The van der Waals surface area contributed by atoms with E-state index in [0.29, 0.717) is 0 Å². The molecular weight excluding hydrogens is 439 g/mol. The van der Waals surface area contributed by atoms with E-state index < -0.39 is 29.8 Å². The van der Waals surface area contributed by atoms with Crippen molar-refractivity contribution in [2.24, 2.45) is 0 Å². The summed E-state index contributed by atoms with van der Waals surface area (Å²) < 4.78 is 19.9. The first kappa shape index (κ1) is 23.0. The second-order valence-electron chi connectivity index (χ2n) is 7.92. The van der Waals surface area contributed by atoms with Gasteiger partial charge in [0.25, 0.3) is 5.91 Å². The van der Waals surface area contributed by atoms with Crippen molar-refractivity contribution in [1.29, 1.82) is 0 Å². The Bertz CT molecular complexity index is 1210. The Kier molecular flexibility index (Phi) is 6.58. The molecule has 4 rings (SSSR count). The lowest BCUT2D eigenvalue weighted by atomic mass is 9.98. The molecule has 1 aliphatic carbocycles. The van der Waals surface area contributed by atoms with E-state index in [4.69, 9.17) is 9.84 Å². The van der Waals surface area contributed by atoms with E-state index in [1.165, 1.54) is 12.1 Å². The van der Waals surface area contributed by atoms with Crippen molar-refractivity contribution in [1.82, 2.24) is 5.32 Å². The van der Waals surface area contributed by atoms with Crippen molar-refractivity contribution < 1.29 is 28.6 Å². The molecule has 0 bridgehead atoms. The number of carboxylic acid groups (broad SMARTS) is 1. The molecule has 34 heavy (non-hydrogen) atoms. The van der Waals surface area contributed by atoms with Crippen molar-refractivity contribution in [3.63, 3.8) is 0 Å². The highest BCUT2D eigenvalue weighted by Gasteiger charge is 2.29. The lowest BCUT2D eigenvalue weighted by Crippen LogP contribution is -2.40. The summed E-state index contributed by atoms with van der Waals surface area (Å²) in [5.74, 6) is -2.87. The molecule has 0 saturated heterocycles. The smallest absolute Gasteiger partial charge is 0.411 e. The quantitative estimate of drug-likeness (QED) is 0.469. The van der Waals surface area contributed by atoms with Gasteiger partial charge in [0, 0.05) is 11.5 Å². The van der Waals surface area contributed by atoms with Gasteiger partial charge in [-0.1, -0.05) is 55.5 Å². The van der Waals surface area contributed by atoms with Gasteiger partial charge in [-0.3, -0.25) is 10.1 Å². The number of rotatable bonds is 7. The third-order valence-electron chi connectivity index (χ3n) is 5.82. The van der Waals surface area contributed by atoms with E-state index in [2.05, 4.69) is 10.6 Å². The molecule has 3 aromatic carbocycles. The predicted molar refractivity (Wildman–Crippen MR) is 124 cm³/mol. The number of nitrogens with one attached hydrogen (secondary N) is 2. The fourth-order valence-corrected chi connectivity index (χ4v) is 4.08. The zero-order valence-electron chi connectivity index (χ0n) is 18.4. The molecule has 0 saturated carbocycles. The number of ether oxygens (including phenoxy) is 1. The molecule has 0 heterocycles. The van der Waals surface area contributed by atoms with E-state index in [1.54, 1.807) is 6.92 Å². The first-order valence-electron chi connectivity index (χ1n) is 10.8. The summed E-state index contributed by atoms with van der Waals surface area (Å²) in [6.07, 6.45) is -0.639. The molecule has 0 spiro atoms. The number of carboxylic acids is 1. The third-order valence-corrected chi connectivity index (χ3v) is 5.82. The van der Waals surface area contributed by atoms with Crippen LogP contribution < -0.4 is 10.6 Å². The maximum absolute atomic E-state index is 14.5. The first-order valence-corrected chi connectivity index (χ1v) is 10.8. The first-order chi connectivity index (χ1) is 16.4. The van der Waals surface area contributed by atoms with Crippen LogP contribution in [-0.4, -0.2) is 35.7 Å². The van der Waals surface area contributed by atoms with Crippen LogP contribution in [0.2, 0.25) is 0 Å². The number of halogens is 1. The van der Waals surface area contributed by atoms with Crippen LogP contribution in [0.5, 0.6) is 0 Å². The molecule has 7 nitrogen and oxygen atoms in total. The monoisotopic (exact) mass is 462 g/mol. The number of carbonyl (C=O) groups excluding carboxylic acids is 2. The predicted octanol–water partition coefficient (Wildman–Crippen LogP) is 4.78. The SMILES string of the molecule is CCC(NC(=O)c1ccc(NC(=O)OCC2c3ccccc3-c3ccccc32)c(F)c1)C(=O)O. The highest BCUT2D eigenvalue weighted by atomic mass is 19.1. The molecule has 3 aromatic rings. The maximum Gasteiger partial charge on any atom is 0.411 e. The van der Waals surface area contributed by atoms with Gasteiger partial charge in [0.05, 0.1) is 5.69 Å². The number of fused-ring (bicyclic) bond motifs is 3. The lowest BCUT2D eigenvalue weighted by molar-refractivity contribution is -0.139. The second-order valence-corrected chi connectivity index (χ2v) is 7.92. The molecule has 8 heteroatoms. The highest BCUT2D eigenvalue weighted by molar-refractivity contribution is 5.97. The molecule has 0 radical (unpaired) electrons. The van der Waals surface area contributed by atoms with Crippen molar-refractivity contribution in [3.8, 4) is 11.1 Å². The molecule has 1 unspecified atom stereocenters. The fourth-order valence-electron chi connectivity index (χ4n) is 4.08. The molecule has 0 fully saturated rings. The minimum atomic E-state index is -1.18. The standard InChI is InChI=1S/C26H23FN2O5/c1-2-22(25(31)32)28-24(30)15-11-12-23(21(27)13-15)29-26(33)34-14-20-18-9-5-3-7-16(18)17-8-4-6-10-19(17)20/h3-13,20,22H,2,14H2,1H3,(H,28,30)(H,29,33)(H,31,32).